The molecule has 0 aliphatic rings. The van der Waals surface area contributed by atoms with Crippen molar-refractivity contribution in [3.05, 3.63) is 63.9 Å². The average molecular weight is 546 g/mol. The van der Waals surface area contributed by atoms with Crippen molar-refractivity contribution in [3.8, 4) is 0 Å². The van der Waals surface area contributed by atoms with Crippen LogP contribution in [0.1, 0.15) is 32.8 Å². The number of carbonyl (C=O) groups excluding carboxylic acids is 2. The summed E-state index contributed by atoms with van der Waals surface area (Å²) in [5, 5.41) is 2.97. The monoisotopic (exact) mass is 545 g/mol. The molecule has 1 atom stereocenters. The van der Waals surface area contributed by atoms with E-state index < -0.39 is 34.3 Å². The number of nitrogens with zero attached hydrogens (tertiary/aromatic N) is 2. The molecule has 2 aromatic carbocycles. The first kappa shape index (κ1) is 28.9. The molecule has 0 heterocycles. The zero-order chi connectivity index (χ0) is 26.3. The van der Waals surface area contributed by atoms with Gasteiger partial charge in [-0.15, -0.1) is 0 Å². The van der Waals surface area contributed by atoms with Crippen LogP contribution in [0.2, 0.25) is 10.0 Å². The molecule has 0 aliphatic heterocycles. The topological polar surface area (TPSA) is 86.8 Å². The third-order valence-corrected chi connectivity index (χ3v) is 7.04. The first-order valence-corrected chi connectivity index (χ1v) is 13.7. The summed E-state index contributed by atoms with van der Waals surface area (Å²) in [6, 6.07) is 9.42. The van der Waals surface area contributed by atoms with E-state index in [4.69, 9.17) is 23.2 Å². The highest BCUT2D eigenvalue weighted by Gasteiger charge is 2.32. The predicted octanol–water partition coefficient (Wildman–Crippen LogP) is 4.48. The van der Waals surface area contributed by atoms with Crippen molar-refractivity contribution in [2.45, 2.75) is 39.8 Å². The lowest BCUT2D eigenvalue weighted by molar-refractivity contribution is -0.140. The maximum atomic E-state index is 13.7. The van der Waals surface area contributed by atoms with Gasteiger partial charge in [0.05, 0.1) is 17.0 Å². The molecule has 11 heteroatoms. The second-order valence-electron chi connectivity index (χ2n) is 8.54. The van der Waals surface area contributed by atoms with Crippen LogP contribution in [-0.4, -0.2) is 50.5 Å². The summed E-state index contributed by atoms with van der Waals surface area (Å²) < 4.78 is 39.6. The summed E-state index contributed by atoms with van der Waals surface area (Å²) in [6.07, 6.45) is 1.23. The summed E-state index contributed by atoms with van der Waals surface area (Å²) in [4.78, 5) is 27.9. The second kappa shape index (κ2) is 12.6. The van der Waals surface area contributed by atoms with E-state index in [1.165, 1.54) is 11.0 Å². The van der Waals surface area contributed by atoms with E-state index in [-0.39, 0.29) is 29.1 Å². The van der Waals surface area contributed by atoms with Crippen molar-refractivity contribution in [2.75, 3.05) is 23.7 Å². The summed E-state index contributed by atoms with van der Waals surface area (Å²) in [5.74, 6) is -1.49. The predicted molar refractivity (Wildman–Crippen MR) is 138 cm³/mol. The number of sulfonamides is 1. The number of hydrogen-bond donors (Lipinski definition) is 1. The number of anilines is 1. The third-order valence-electron chi connectivity index (χ3n) is 5.24. The Morgan fingerprint density at radius 2 is 1.74 bits per heavy atom. The van der Waals surface area contributed by atoms with Gasteiger partial charge in [-0.3, -0.25) is 13.9 Å². The number of benzene rings is 2. The van der Waals surface area contributed by atoms with Gasteiger partial charge in [0.1, 0.15) is 18.4 Å². The van der Waals surface area contributed by atoms with E-state index in [1.807, 2.05) is 13.8 Å². The molecule has 0 unspecified atom stereocenters. The largest absolute Gasteiger partial charge is 0.354 e. The molecule has 7 nitrogen and oxygen atoms in total. The molecule has 35 heavy (non-hydrogen) atoms. The van der Waals surface area contributed by atoms with Gasteiger partial charge in [-0.1, -0.05) is 62.2 Å². The summed E-state index contributed by atoms with van der Waals surface area (Å²) in [7, 11) is -3.95. The van der Waals surface area contributed by atoms with E-state index in [2.05, 4.69) is 5.32 Å². The maximum Gasteiger partial charge on any atom is 0.244 e. The van der Waals surface area contributed by atoms with Crippen LogP contribution in [0.5, 0.6) is 0 Å². The van der Waals surface area contributed by atoms with Gasteiger partial charge in [0.2, 0.25) is 21.8 Å². The van der Waals surface area contributed by atoms with Crippen LogP contribution in [0.15, 0.2) is 42.5 Å². The quantitative estimate of drug-likeness (QED) is 0.451. The Morgan fingerprint density at radius 1 is 1.09 bits per heavy atom. The number of nitrogens with one attached hydrogen (secondary N) is 1. The minimum Gasteiger partial charge on any atom is -0.354 e. The molecule has 2 rings (SSSR count). The number of amides is 2. The first-order chi connectivity index (χ1) is 16.3. The van der Waals surface area contributed by atoms with Gasteiger partial charge < -0.3 is 10.2 Å². The Bertz CT molecular complexity index is 1160. The van der Waals surface area contributed by atoms with Crippen molar-refractivity contribution in [1.82, 2.24) is 10.2 Å². The van der Waals surface area contributed by atoms with E-state index in [0.29, 0.717) is 23.6 Å². The van der Waals surface area contributed by atoms with Crippen LogP contribution in [0.25, 0.3) is 0 Å². The van der Waals surface area contributed by atoms with Crippen molar-refractivity contribution < 1.29 is 22.4 Å². The molecule has 0 saturated carbocycles. The van der Waals surface area contributed by atoms with Crippen LogP contribution < -0.4 is 9.62 Å². The van der Waals surface area contributed by atoms with Crippen molar-refractivity contribution in [3.63, 3.8) is 0 Å². The zero-order valence-corrected chi connectivity index (χ0v) is 22.4. The van der Waals surface area contributed by atoms with Crippen LogP contribution in [0, 0.1) is 11.7 Å². The highest BCUT2D eigenvalue weighted by Crippen LogP contribution is 2.26. The first-order valence-electron chi connectivity index (χ1n) is 11.1. The molecular formula is C24H30Cl2FN3O4S. The lowest BCUT2D eigenvalue weighted by Gasteiger charge is -2.33. The van der Waals surface area contributed by atoms with E-state index >= 15 is 0 Å². The van der Waals surface area contributed by atoms with Crippen molar-refractivity contribution in [1.29, 1.82) is 0 Å². The molecule has 0 bridgehead atoms. The van der Waals surface area contributed by atoms with E-state index in [0.717, 1.165) is 22.7 Å². The van der Waals surface area contributed by atoms with E-state index in [9.17, 15) is 22.4 Å². The van der Waals surface area contributed by atoms with Gasteiger partial charge in [-0.25, -0.2) is 12.8 Å². The Labute approximate surface area is 216 Å². The standard InChI is InChI=1S/C24H30Cl2FN3O4S/c1-5-22(24(32)28-13-16(2)3)29(14-17-8-6-7-9-19(17)25)23(31)15-30(35(4,33)34)18-10-11-21(27)20(26)12-18/h6-12,16,22H,5,13-15H2,1-4H3,(H,28,32)/t22-/m0/s1. The minimum atomic E-state index is -3.95. The van der Waals surface area contributed by atoms with Crippen LogP contribution in [-0.2, 0) is 26.2 Å². The number of carbonyl (C=O) groups is 2. The molecule has 2 aromatic rings. The smallest absolute Gasteiger partial charge is 0.244 e. The van der Waals surface area contributed by atoms with Gasteiger partial charge in [0.25, 0.3) is 0 Å². The van der Waals surface area contributed by atoms with Crippen LogP contribution >= 0.6 is 23.2 Å². The Morgan fingerprint density at radius 3 is 2.29 bits per heavy atom. The molecule has 0 radical (unpaired) electrons. The van der Waals surface area contributed by atoms with Gasteiger partial charge in [-0.2, -0.15) is 0 Å². The summed E-state index contributed by atoms with van der Waals surface area (Å²) >= 11 is 12.2. The molecule has 0 aromatic heterocycles. The number of halogens is 3. The fraction of sp³-hybridized carbons (Fsp3) is 0.417. The molecule has 1 N–H and O–H groups in total. The average Bonchev–Trinajstić information content (AvgIpc) is 2.78. The van der Waals surface area contributed by atoms with Gasteiger partial charge in [0.15, 0.2) is 0 Å². The number of hydrogen-bond acceptors (Lipinski definition) is 4. The lowest BCUT2D eigenvalue weighted by Crippen LogP contribution is -2.52. The van der Waals surface area contributed by atoms with Gasteiger partial charge in [0, 0.05) is 18.1 Å². The Balaban J connectivity index is 2.45. The van der Waals surface area contributed by atoms with Crippen LogP contribution in [0.3, 0.4) is 0 Å². The highest BCUT2D eigenvalue weighted by molar-refractivity contribution is 7.92. The molecule has 0 fully saturated rings. The Kier molecular flexibility index (Phi) is 10.4. The molecule has 0 spiro atoms. The molecule has 0 aliphatic carbocycles. The molecule has 2 amide bonds. The SMILES string of the molecule is CC[C@@H](C(=O)NCC(C)C)N(Cc1ccccc1Cl)C(=O)CN(c1ccc(F)c(Cl)c1)S(C)(=O)=O. The minimum absolute atomic E-state index is 0.00606. The second-order valence-corrected chi connectivity index (χ2v) is 11.3. The van der Waals surface area contributed by atoms with Crippen LogP contribution in [0.4, 0.5) is 10.1 Å². The molecule has 192 valence electrons. The summed E-state index contributed by atoms with van der Waals surface area (Å²) in [6.45, 7) is 5.47. The normalized spacial score (nSPS) is 12.3. The Hall–Kier alpha value is -2.36. The lowest BCUT2D eigenvalue weighted by atomic mass is 10.1. The van der Waals surface area contributed by atoms with E-state index in [1.54, 1.807) is 31.2 Å². The van der Waals surface area contributed by atoms with Crippen molar-refractivity contribution in [2.24, 2.45) is 5.92 Å². The van der Waals surface area contributed by atoms with Gasteiger partial charge in [-0.05, 0) is 42.2 Å². The van der Waals surface area contributed by atoms with Gasteiger partial charge >= 0.3 is 0 Å². The summed E-state index contributed by atoms with van der Waals surface area (Å²) in [5.41, 5.74) is 0.635. The highest BCUT2D eigenvalue weighted by atomic mass is 35.5. The zero-order valence-electron chi connectivity index (χ0n) is 20.1. The maximum absolute atomic E-state index is 13.7. The fourth-order valence-electron chi connectivity index (χ4n) is 3.41. The van der Waals surface area contributed by atoms with Crippen molar-refractivity contribution >= 4 is 50.7 Å². The molecule has 0 saturated heterocycles. The number of rotatable bonds is 11. The molecular weight excluding hydrogens is 516 g/mol. The third kappa shape index (κ3) is 8.08. The fourth-order valence-corrected chi connectivity index (χ4v) is 4.62.